The first-order valence-electron chi connectivity index (χ1n) is 8.16. The van der Waals surface area contributed by atoms with Crippen molar-refractivity contribution in [2.24, 2.45) is 5.73 Å². The maximum absolute atomic E-state index is 14.6. The maximum atomic E-state index is 14.6. The number of nitrogen functional groups attached to an aromatic ring is 1. The fourth-order valence-corrected chi connectivity index (χ4v) is 3.60. The van der Waals surface area contributed by atoms with Crippen LogP contribution in [0.3, 0.4) is 0 Å². The Morgan fingerprint density at radius 3 is 2.67 bits per heavy atom. The first kappa shape index (κ1) is 18.7. The molecular formula is C18H18FN5O2S. The summed E-state index contributed by atoms with van der Waals surface area (Å²) in [5.74, 6) is -0.501. The monoisotopic (exact) mass is 387 g/mol. The molecule has 7 nitrogen and oxygen atoms in total. The van der Waals surface area contributed by atoms with Gasteiger partial charge in [0.1, 0.15) is 16.6 Å². The van der Waals surface area contributed by atoms with Gasteiger partial charge in [-0.3, -0.25) is 4.79 Å². The minimum Gasteiger partial charge on any atom is -0.388 e. The lowest BCUT2D eigenvalue weighted by Gasteiger charge is -2.09. The van der Waals surface area contributed by atoms with Crippen molar-refractivity contribution < 1.29 is 14.3 Å². The fourth-order valence-electron chi connectivity index (χ4n) is 2.50. The highest BCUT2D eigenvalue weighted by atomic mass is 32.1. The predicted octanol–water partition coefficient (Wildman–Crippen LogP) is 3.21. The third kappa shape index (κ3) is 4.04. The molecule has 0 saturated heterocycles. The number of nitrogens with one attached hydrogen (secondary N) is 1. The Labute approximate surface area is 158 Å². The van der Waals surface area contributed by atoms with Gasteiger partial charge in [-0.2, -0.15) is 0 Å². The van der Waals surface area contributed by atoms with Crippen LogP contribution in [0.15, 0.2) is 36.4 Å². The third-order valence-corrected chi connectivity index (χ3v) is 5.04. The van der Waals surface area contributed by atoms with E-state index in [1.807, 2.05) is 6.92 Å². The van der Waals surface area contributed by atoms with E-state index in [0.717, 1.165) is 11.3 Å². The molecule has 0 radical (unpaired) electrons. The SMILES string of the molecule is CCC(O)c1ccc(-c2cc(C(N)=O)c(Nc3ccc(N)nn3)s2)c(F)c1. The standard InChI is InChI=1S/C18H18FN5O2S/c1-2-13(25)9-3-4-10(12(19)7-9)14-8-11(17(21)26)18(27-14)22-16-6-5-15(20)23-24-16/h3-8,13,25H,2H2,1H3,(H2,20,23)(H2,21,26)(H,22,24). The van der Waals surface area contributed by atoms with Gasteiger partial charge in [0.05, 0.1) is 11.7 Å². The second-order valence-corrected chi connectivity index (χ2v) is 6.90. The molecule has 1 aromatic carbocycles. The lowest BCUT2D eigenvalue weighted by molar-refractivity contribution is 0.100. The maximum Gasteiger partial charge on any atom is 0.251 e. The van der Waals surface area contributed by atoms with Crippen molar-refractivity contribution >= 4 is 33.9 Å². The van der Waals surface area contributed by atoms with Gasteiger partial charge in [0, 0.05) is 10.4 Å². The second-order valence-electron chi connectivity index (χ2n) is 5.85. The molecule has 3 rings (SSSR count). The van der Waals surface area contributed by atoms with E-state index in [0.29, 0.717) is 33.2 Å². The van der Waals surface area contributed by atoms with Crippen LogP contribution in [-0.4, -0.2) is 21.2 Å². The Morgan fingerprint density at radius 1 is 1.30 bits per heavy atom. The summed E-state index contributed by atoms with van der Waals surface area (Å²) in [6.07, 6.45) is -0.236. The highest BCUT2D eigenvalue weighted by molar-refractivity contribution is 7.19. The van der Waals surface area contributed by atoms with E-state index in [1.165, 1.54) is 12.1 Å². The van der Waals surface area contributed by atoms with E-state index in [2.05, 4.69) is 15.5 Å². The van der Waals surface area contributed by atoms with E-state index >= 15 is 0 Å². The number of anilines is 3. The number of hydrogen-bond donors (Lipinski definition) is 4. The summed E-state index contributed by atoms with van der Waals surface area (Å²) in [6, 6.07) is 9.22. The molecule has 6 N–H and O–H groups in total. The molecule has 2 aromatic heterocycles. The summed E-state index contributed by atoms with van der Waals surface area (Å²) in [6.45, 7) is 1.81. The van der Waals surface area contributed by atoms with Gasteiger partial charge in [0.15, 0.2) is 5.82 Å². The van der Waals surface area contributed by atoms with Crippen LogP contribution >= 0.6 is 11.3 Å². The Bertz CT molecular complexity index is 974. The number of aliphatic hydroxyl groups excluding tert-OH is 1. The van der Waals surface area contributed by atoms with Crippen LogP contribution in [0.4, 0.5) is 21.0 Å². The van der Waals surface area contributed by atoms with Crippen molar-refractivity contribution in [2.75, 3.05) is 11.1 Å². The van der Waals surface area contributed by atoms with E-state index < -0.39 is 17.8 Å². The molecule has 0 aliphatic rings. The van der Waals surface area contributed by atoms with Crippen LogP contribution in [-0.2, 0) is 0 Å². The normalized spacial score (nSPS) is 12.0. The second kappa shape index (κ2) is 7.68. The molecule has 9 heteroatoms. The Morgan fingerprint density at radius 2 is 2.07 bits per heavy atom. The number of rotatable bonds is 6. The zero-order chi connectivity index (χ0) is 19.6. The van der Waals surface area contributed by atoms with Gasteiger partial charge >= 0.3 is 0 Å². The quantitative estimate of drug-likeness (QED) is 0.514. The lowest BCUT2D eigenvalue weighted by atomic mass is 10.0. The van der Waals surface area contributed by atoms with E-state index in [4.69, 9.17) is 11.5 Å². The van der Waals surface area contributed by atoms with Crippen molar-refractivity contribution in [3.8, 4) is 10.4 Å². The number of benzene rings is 1. The Balaban J connectivity index is 1.97. The molecule has 0 fully saturated rings. The van der Waals surface area contributed by atoms with E-state index in [9.17, 15) is 14.3 Å². The zero-order valence-electron chi connectivity index (χ0n) is 14.4. The molecule has 0 bridgehead atoms. The number of nitrogens with two attached hydrogens (primary N) is 2. The van der Waals surface area contributed by atoms with Crippen molar-refractivity contribution in [1.29, 1.82) is 0 Å². The van der Waals surface area contributed by atoms with Crippen LogP contribution < -0.4 is 16.8 Å². The summed E-state index contributed by atoms with van der Waals surface area (Å²) in [7, 11) is 0. The lowest BCUT2D eigenvalue weighted by Crippen LogP contribution is -2.11. The number of amides is 1. The van der Waals surface area contributed by atoms with Gasteiger partial charge in [-0.1, -0.05) is 19.1 Å². The van der Waals surface area contributed by atoms with Crippen molar-refractivity contribution in [1.82, 2.24) is 10.2 Å². The number of carbonyl (C=O) groups is 1. The first-order valence-corrected chi connectivity index (χ1v) is 8.98. The number of thiophene rings is 1. The van der Waals surface area contributed by atoms with Gasteiger partial charge in [0.2, 0.25) is 0 Å². The largest absolute Gasteiger partial charge is 0.388 e. The smallest absolute Gasteiger partial charge is 0.251 e. The molecule has 3 aromatic rings. The van der Waals surface area contributed by atoms with Gasteiger partial charge in [-0.25, -0.2) is 4.39 Å². The number of primary amides is 1. The molecule has 0 aliphatic heterocycles. The van der Waals surface area contributed by atoms with Crippen molar-refractivity contribution in [2.45, 2.75) is 19.4 Å². The Hall–Kier alpha value is -3.04. The summed E-state index contributed by atoms with van der Waals surface area (Å²) >= 11 is 1.16. The average molecular weight is 387 g/mol. The molecule has 0 spiro atoms. The van der Waals surface area contributed by atoms with Crippen molar-refractivity contribution in [3.05, 3.63) is 53.3 Å². The first-order chi connectivity index (χ1) is 12.9. The van der Waals surface area contributed by atoms with Crippen LogP contribution in [0, 0.1) is 5.82 Å². The molecular weight excluding hydrogens is 369 g/mol. The minimum atomic E-state index is -0.723. The number of aliphatic hydroxyl groups is 1. The van der Waals surface area contributed by atoms with Gasteiger partial charge in [-0.15, -0.1) is 21.5 Å². The van der Waals surface area contributed by atoms with E-state index in [1.54, 1.807) is 24.3 Å². The van der Waals surface area contributed by atoms with Crippen molar-refractivity contribution in [3.63, 3.8) is 0 Å². The van der Waals surface area contributed by atoms with E-state index in [-0.39, 0.29) is 11.4 Å². The molecule has 1 amide bonds. The van der Waals surface area contributed by atoms with Gasteiger partial charge in [0.25, 0.3) is 5.91 Å². The van der Waals surface area contributed by atoms with Crippen LogP contribution in [0.25, 0.3) is 10.4 Å². The summed E-state index contributed by atoms with van der Waals surface area (Å²) < 4.78 is 14.6. The summed E-state index contributed by atoms with van der Waals surface area (Å²) in [5.41, 5.74) is 12.0. The number of halogens is 1. The van der Waals surface area contributed by atoms with Crippen LogP contribution in [0.1, 0.15) is 35.4 Å². The topological polar surface area (TPSA) is 127 Å². The highest BCUT2D eigenvalue weighted by Gasteiger charge is 2.18. The van der Waals surface area contributed by atoms with Crippen LogP contribution in [0.2, 0.25) is 0 Å². The average Bonchev–Trinajstić information content (AvgIpc) is 3.06. The molecule has 1 atom stereocenters. The van der Waals surface area contributed by atoms with Gasteiger partial charge in [-0.05, 0) is 36.2 Å². The molecule has 1 unspecified atom stereocenters. The minimum absolute atomic E-state index is 0.214. The number of aromatic nitrogens is 2. The summed E-state index contributed by atoms with van der Waals surface area (Å²) in [4.78, 5) is 12.3. The third-order valence-electron chi connectivity index (χ3n) is 3.95. The van der Waals surface area contributed by atoms with Crippen LogP contribution in [0.5, 0.6) is 0 Å². The predicted molar refractivity (Wildman–Crippen MR) is 103 cm³/mol. The summed E-state index contributed by atoms with van der Waals surface area (Å²) in [5, 5.41) is 20.9. The van der Waals surface area contributed by atoms with Gasteiger partial charge < -0.3 is 21.9 Å². The molecule has 27 heavy (non-hydrogen) atoms. The number of hydrogen-bond acceptors (Lipinski definition) is 7. The molecule has 0 aliphatic carbocycles. The molecule has 2 heterocycles. The zero-order valence-corrected chi connectivity index (χ0v) is 15.3. The fraction of sp³-hybridized carbons (Fsp3) is 0.167. The number of carbonyl (C=O) groups excluding carboxylic acids is 1. The molecule has 140 valence electrons. The highest BCUT2D eigenvalue weighted by Crippen LogP contribution is 2.38. The molecule has 0 saturated carbocycles. The number of nitrogens with zero attached hydrogens (tertiary/aromatic N) is 2. The Kier molecular flexibility index (Phi) is 5.33.